The van der Waals surface area contributed by atoms with Gasteiger partial charge in [0.05, 0.1) is 6.61 Å². The first kappa shape index (κ1) is 15.5. The Morgan fingerprint density at radius 1 is 1.33 bits per heavy atom. The first-order chi connectivity index (χ1) is 8.72. The molecule has 0 amide bonds. The maximum absolute atomic E-state index is 5.01. The molecule has 1 rings (SSSR count). The van der Waals surface area contributed by atoms with Gasteiger partial charge in [-0.3, -0.25) is 0 Å². The van der Waals surface area contributed by atoms with E-state index in [0.717, 1.165) is 32.0 Å². The average Bonchev–Trinajstić information content (AvgIpc) is 2.35. The van der Waals surface area contributed by atoms with Crippen molar-refractivity contribution in [3.8, 4) is 0 Å². The number of thioether (sulfide) groups is 1. The third kappa shape index (κ3) is 7.01. The minimum Gasteiger partial charge on any atom is -0.383 e. The van der Waals surface area contributed by atoms with E-state index < -0.39 is 0 Å². The molecule has 0 spiro atoms. The molecule has 0 aliphatic carbocycles. The van der Waals surface area contributed by atoms with Gasteiger partial charge in [0.1, 0.15) is 0 Å². The predicted octanol–water partition coefficient (Wildman–Crippen LogP) is 2.08. The summed E-state index contributed by atoms with van der Waals surface area (Å²) in [6, 6.07) is 8.74. The fourth-order valence-electron chi connectivity index (χ4n) is 1.50. The lowest BCUT2D eigenvalue weighted by Crippen LogP contribution is -2.18. The van der Waals surface area contributed by atoms with Crippen LogP contribution in [0.3, 0.4) is 0 Å². The van der Waals surface area contributed by atoms with Gasteiger partial charge in [-0.1, -0.05) is 12.1 Å². The Balaban J connectivity index is 2.32. The van der Waals surface area contributed by atoms with E-state index in [9.17, 15) is 0 Å². The minimum absolute atomic E-state index is 0.761. The van der Waals surface area contributed by atoms with Crippen molar-refractivity contribution in [2.75, 3.05) is 46.7 Å². The molecule has 0 heterocycles. The molecule has 0 aliphatic heterocycles. The molecular weight excluding hydrogens is 244 g/mol. The summed E-state index contributed by atoms with van der Waals surface area (Å²) in [6.07, 6.45) is 0. The number of rotatable bonds is 9. The normalized spacial score (nSPS) is 11.1. The predicted molar refractivity (Wildman–Crippen MR) is 79.3 cm³/mol. The van der Waals surface area contributed by atoms with Crippen LogP contribution in [0.5, 0.6) is 0 Å². The van der Waals surface area contributed by atoms with Gasteiger partial charge in [0, 0.05) is 37.4 Å². The third-order valence-corrected chi connectivity index (χ3v) is 3.49. The molecule has 0 aromatic heterocycles. The summed E-state index contributed by atoms with van der Waals surface area (Å²) < 4.78 is 5.01. The Labute approximate surface area is 115 Å². The van der Waals surface area contributed by atoms with E-state index in [-0.39, 0.29) is 0 Å². The zero-order chi connectivity index (χ0) is 13.2. The van der Waals surface area contributed by atoms with Crippen LogP contribution in [0.1, 0.15) is 5.56 Å². The number of nitrogens with zero attached hydrogens (tertiary/aromatic N) is 1. The number of nitrogens with one attached hydrogen (secondary N) is 1. The van der Waals surface area contributed by atoms with E-state index in [1.54, 1.807) is 7.11 Å². The van der Waals surface area contributed by atoms with E-state index in [0.29, 0.717) is 0 Å². The van der Waals surface area contributed by atoms with Crippen molar-refractivity contribution < 1.29 is 4.74 Å². The molecule has 1 N–H and O–H groups in total. The van der Waals surface area contributed by atoms with Crippen LogP contribution in [0.2, 0.25) is 0 Å². The molecule has 4 heteroatoms. The summed E-state index contributed by atoms with van der Waals surface area (Å²) >= 11 is 1.91. The van der Waals surface area contributed by atoms with E-state index in [1.807, 2.05) is 11.8 Å². The third-order valence-electron chi connectivity index (χ3n) is 2.52. The molecule has 0 fully saturated rings. The molecule has 102 valence electrons. The fourth-order valence-corrected chi connectivity index (χ4v) is 2.60. The Bertz CT molecular complexity index is 331. The SMILES string of the molecule is COCCNCc1cccc(SCCN(C)C)c1. The van der Waals surface area contributed by atoms with Gasteiger partial charge in [0.25, 0.3) is 0 Å². The minimum atomic E-state index is 0.761. The van der Waals surface area contributed by atoms with Crippen molar-refractivity contribution in [3.05, 3.63) is 29.8 Å². The largest absolute Gasteiger partial charge is 0.383 e. The van der Waals surface area contributed by atoms with Crippen molar-refractivity contribution in [1.82, 2.24) is 10.2 Å². The quantitative estimate of drug-likeness (QED) is 0.547. The van der Waals surface area contributed by atoms with Crippen molar-refractivity contribution >= 4 is 11.8 Å². The maximum atomic E-state index is 5.01. The van der Waals surface area contributed by atoms with Crippen LogP contribution in [0.4, 0.5) is 0 Å². The van der Waals surface area contributed by atoms with Gasteiger partial charge >= 0.3 is 0 Å². The molecule has 0 unspecified atom stereocenters. The van der Waals surface area contributed by atoms with Crippen LogP contribution in [0, 0.1) is 0 Å². The lowest BCUT2D eigenvalue weighted by Gasteiger charge is -2.10. The zero-order valence-electron chi connectivity index (χ0n) is 11.6. The number of benzene rings is 1. The van der Waals surface area contributed by atoms with E-state index >= 15 is 0 Å². The van der Waals surface area contributed by atoms with Gasteiger partial charge in [0.15, 0.2) is 0 Å². The maximum Gasteiger partial charge on any atom is 0.0587 e. The molecule has 0 bridgehead atoms. The molecule has 1 aromatic carbocycles. The number of hydrogen-bond acceptors (Lipinski definition) is 4. The molecule has 18 heavy (non-hydrogen) atoms. The summed E-state index contributed by atoms with van der Waals surface area (Å²) in [6.45, 7) is 3.68. The Morgan fingerprint density at radius 3 is 2.89 bits per heavy atom. The van der Waals surface area contributed by atoms with E-state index in [1.165, 1.54) is 10.5 Å². The first-order valence-corrected chi connectivity index (χ1v) is 7.27. The molecule has 0 radical (unpaired) electrons. The molecular formula is C14H24N2OS. The van der Waals surface area contributed by atoms with Crippen LogP contribution < -0.4 is 5.32 Å². The second kappa shape index (κ2) is 9.39. The molecule has 1 aromatic rings. The zero-order valence-corrected chi connectivity index (χ0v) is 12.4. The highest BCUT2D eigenvalue weighted by atomic mass is 32.2. The fraction of sp³-hybridized carbons (Fsp3) is 0.571. The van der Waals surface area contributed by atoms with Crippen molar-refractivity contribution in [3.63, 3.8) is 0 Å². The van der Waals surface area contributed by atoms with Crippen LogP contribution in [0.15, 0.2) is 29.2 Å². The van der Waals surface area contributed by atoms with Crippen LogP contribution in [-0.2, 0) is 11.3 Å². The lowest BCUT2D eigenvalue weighted by molar-refractivity contribution is 0.199. The van der Waals surface area contributed by atoms with Crippen LogP contribution in [-0.4, -0.2) is 51.6 Å². The molecule has 3 nitrogen and oxygen atoms in total. The molecule has 0 aliphatic rings. The van der Waals surface area contributed by atoms with Crippen molar-refractivity contribution in [2.24, 2.45) is 0 Å². The summed E-state index contributed by atoms with van der Waals surface area (Å²) in [4.78, 5) is 3.56. The molecule has 0 saturated heterocycles. The smallest absolute Gasteiger partial charge is 0.0587 e. The standard InChI is InChI=1S/C14H24N2OS/c1-16(2)8-10-18-14-6-4-5-13(11-14)12-15-7-9-17-3/h4-6,11,15H,7-10,12H2,1-3H3. The number of methoxy groups -OCH3 is 1. The van der Waals surface area contributed by atoms with E-state index in [4.69, 9.17) is 4.74 Å². The van der Waals surface area contributed by atoms with Gasteiger partial charge in [0.2, 0.25) is 0 Å². The number of hydrogen-bond donors (Lipinski definition) is 1. The highest BCUT2D eigenvalue weighted by Gasteiger charge is 1.98. The highest BCUT2D eigenvalue weighted by molar-refractivity contribution is 7.99. The van der Waals surface area contributed by atoms with Gasteiger partial charge in [-0.25, -0.2) is 0 Å². The molecule has 0 atom stereocenters. The van der Waals surface area contributed by atoms with E-state index in [2.05, 4.69) is 48.6 Å². The lowest BCUT2D eigenvalue weighted by atomic mass is 10.2. The first-order valence-electron chi connectivity index (χ1n) is 6.28. The summed E-state index contributed by atoms with van der Waals surface area (Å²) in [5, 5.41) is 3.36. The monoisotopic (exact) mass is 268 g/mol. The van der Waals surface area contributed by atoms with Crippen LogP contribution in [0.25, 0.3) is 0 Å². The second-order valence-corrected chi connectivity index (χ2v) is 5.64. The van der Waals surface area contributed by atoms with Gasteiger partial charge < -0.3 is 15.0 Å². The van der Waals surface area contributed by atoms with Crippen molar-refractivity contribution in [1.29, 1.82) is 0 Å². The Kier molecular flexibility index (Phi) is 8.09. The van der Waals surface area contributed by atoms with Gasteiger partial charge in [-0.15, -0.1) is 11.8 Å². The highest BCUT2D eigenvalue weighted by Crippen LogP contribution is 2.18. The second-order valence-electron chi connectivity index (χ2n) is 4.47. The summed E-state index contributed by atoms with van der Waals surface area (Å²) in [7, 11) is 5.94. The average molecular weight is 268 g/mol. The topological polar surface area (TPSA) is 24.5 Å². The summed E-state index contributed by atoms with van der Waals surface area (Å²) in [5.41, 5.74) is 1.33. The Hall–Kier alpha value is -0.550. The van der Waals surface area contributed by atoms with Gasteiger partial charge in [-0.2, -0.15) is 0 Å². The van der Waals surface area contributed by atoms with Crippen molar-refractivity contribution in [2.45, 2.75) is 11.4 Å². The summed E-state index contributed by atoms with van der Waals surface area (Å²) in [5.74, 6) is 1.13. The number of ether oxygens (including phenoxy) is 1. The van der Waals surface area contributed by atoms with Gasteiger partial charge in [-0.05, 0) is 31.8 Å². The molecule has 0 saturated carbocycles. The van der Waals surface area contributed by atoms with Crippen LogP contribution >= 0.6 is 11.8 Å². The Morgan fingerprint density at radius 2 is 2.17 bits per heavy atom.